The molecule has 1 N–H and O–H groups in total. The largest absolute Gasteiger partial charge is 0.458 e. The zero-order valence-electron chi connectivity index (χ0n) is 12.4. The van der Waals surface area contributed by atoms with Crippen LogP contribution in [0.4, 0.5) is 0 Å². The summed E-state index contributed by atoms with van der Waals surface area (Å²) in [5, 5.41) is 2.64. The minimum atomic E-state index is -0.834. The SMILES string of the molecule is C=C(C)C(=O)NC(C(=O)OC(C)(C)C)c1ccccc1. The molecule has 1 unspecified atom stereocenters. The van der Waals surface area contributed by atoms with Crippen LogP contribution in [0.1, 0.15) is 39.3 Å². The summed E-state index contributed by atoms with van der Waals surface area (Å²) >= 11 is 0. The van der Waals surface area contributed by atoms with E-state index in [9.17, 15) is 9.59 Å². The number of nitrogens with one attached hydrogen (secondary N) is 1. The van der Waals surface area contributed by atoms with Crippen LogP contribution in [0.25, 0.3) is 0 Å². The molecule has 1 amide bonds. The Bertz CT molecular complexity index is 500. The predicted octanol–water partition coefficient (Wildman–Crippen LogP) is 2.76. The molecule has 0 aliphatic carbocycles. The second-order valence-electron chi connectivity index (χ2n) is 5.63. The lowest BCUT2D eigenvalue weighted by molar-refractivity contribution is -0.158. The van der Waals surface area contributed by atoms with Crippen molar-refractivity contribution in [1.82, 2.24) is 5.32 Å². The second-order valence-corrected chi connectivity index (χ2v) is 5.63. The highest BCUT2D eigenvalue weighted by atomic mass is 16.6. The van der Waals surface area contributed by atoms with Gasteiger partial charge in [0, 0.05) is 5.57 Å². The minimum Gasteiger partial charge on any atom is -0.458 e. The summed E-state index contributed by atoms with van der Waals surface area (Å²) in [4.78, 5) is 24.0. The third kappa shape index (κ3) is 4.88. The van der Waals surface area contributed by atoms with Crippen molar-refractivity contribution >= 4 is 11.9 Å². The summed E-state index contributed by atoms with van der Waals surface area (Å²) < 4.78 is 5.35. The molecule has 0 aliphatic rings. The molecule has 0 aliphatic heterocycles. The van der Waals surface area contributed by atoms with Gasteiger partial charge in [0.25, 0.3) is 0 Å². The van der Waals surface area contributed by atoms with E-state index < -0.39 is 17.6 Å². The van der Waals surface area contributed by atoms with Crippen LogP contribution in [0.3, 0.4) is 0 Å². The highest BCUT2D eigenvalue weighted by molar-refractivity contribution is 5.95. The maximum atomic E-state index is 12.3. The second kappa shape index (κ2) is 6.37. The first-order valence-electron chi connectivity index (χ1n) is 6.45. The molecule has 108 valence electrons. The summed E-state index contributed by atoms with van der Waals surface area (Å²) in [6.45, 7) is 10.5. The number of hydrogen-bond donors (Lipinski definition) is 1. The first-order valence-corrected chi connectivity index (χ1v) is 6.45. The van der Waals surface area contributed by atoms with E-state index in [-0.39, 0.29) is 5.91 Å². The van der Waals surface area contributed by atoms with Crippen LogP contribution < -0.4 is 5.32 Å². The van der Waals surface area contributed by atoms with Crippen LogP contribution in [0.2, 0.25) is 0 Å². The highest BCUT2D eigenvalue weighted by Gasteiger charge is 2.28. The molecule has 20 heavy (non-hydrogen) atoms. The third-order valence-corrected chi connectivity index (χ3v) is 2.44. The molecule has 0 fully saturated rings. The lowest BCUT2D eigenvalue weighted by Gasteiger charge is -2.24. The Balaban J connectivity index is 2.99. The molecular formula is C16H21NO3. The molecule has 0 bridgehead atoms. The van der Waals surface area contributed by atoms with Crippen LogP contribution in [0, 0.1) is 0 Å². The first kappa shape index (κ1) is 16.0. The van der Waals surface area contributed by atoms with Crippen LogP contribution in [0.5, 0.6) is 0 Å². The van der Waals surface area contributed by atoms with E-state index in [0.29, 0.717) is 11.1 Å². The van der Waals surface area contributed by atoms with Gasteiger partial charge in [-0.3, -0.25) is 4.79 Å². The number of ether oxygens (including phenoxy) is 1. The van der Waals surface area contributed by atoms with E-state index in [1.54, 1.807) is 52.0 Å². The topological polar surface area (TPSA) is 55.4 Å². The van der Waals surface area contributed by atoms with Crippen molar-refractivity contribution in [1.29, 1.82) is 0 Å². The average molecular weight is 275 g/mol. The minimum absolute atomic E-state index is 0.342. The number of carbonyl (C=O) groups is 2. The van der Waals surface area contributed by atoms with Gasteiger partial charge >= 0.3 is 5.97 Å². The molecule has 1 aromatic rings. The smallest absolute Gasteiger partial charge is 0.333 e. The predicted molar refractivity (Wildman–Crippen MR) is 78.0 cm³/mol. The zero-order valence-corrected chi connectivity index (χ0v) is 12.4. The first-order chi connectivity index (χ1) is 9.20. The Hall–Kier alpha value is -2.10. The quantitative estimate of drug-likeness (QED) is 0.679. The molecule has 0 spiro atoms. The van der Waals surface area contributed by atoms with E-state index in [2.05, 4.69) is 11.9 Å². The normalized spacial score (nSPS) is 12.4. The van der Waals surface area contributed by atoms with E-state index >= 15 is 0 Å². The van der Waals surface area contributed by atoms with Crippen molar-refractivity contribution in [3.63, 3.8) is 0 Å². The number of amides is 1. The van der Waals surface area contributed by atoms with Gasteiger partial charge in [0.05, 0.1) is 0 Å². The number of benzene rings is 1. The van der Waals surface area contributed by atoms with E-state index in [1.165, 1.54) is 0 Å². The molecule has 4 heteroatoms. The lowest BCUT2D eigenvalue weighted by atomic mass is 10.1. The van der Waals surface area contributed by atoms with Gasteiger partial charge in [0.15, 0.2) is 6.04 Å². The fourth-order valence-electron chi connectivity index (χ4n) is 1.54. The zero-order chi connectivity index (χ0) is 15.3. The molecule has 1 aromatic carbocycles. The van der Waals surface area contributed by atoms with Gasteiger partial charge in [-0.2, -0.15) is 0 Å². The van der Waals surface area contributed by atoms with Crippen molar-refractivity contribution in [2.24, 2.45) is 0 Å². The number of hydrogen-bond acceptors (Lipinski definition) is 3. The monoisotopic (exact) mass is 275 g/mol. The lowest BCUT2D eigenvalue weighted by Crippen LogP contribution is -2.38. The van der Waals surface area contributed by atoms with Crippen LogP contribution in [-0.4, -0.2) is 17.5 Å². The molecule has 4 nitrogen and oxygen atoms in total. The van der Waals surface area contributed by atoms with Gasteiger partial charge in [-0.25, -0.2) is 4.79 Å². The van der Waals surface area contributed by atoms with Crippen molar-refractivity contribution in [2.75, 3.05) is 0 Å². The fourth-order valence-corrected chi connectivity index (χ4v) is 1.54. The summed E-state index contributed by atoms with van der Waals surface area (Å²) in [7, 11) is 0. The Morgan fingerprint density at radius 2 is 1.75 bits per heavy atom. The summed E-state index contributed by atoms with van der Waals surface area (Å²) in [6, 6.07) is 8.16. The van der Waals surface area contributed by atoms with Crippen LogP contribution in [0.15, 0.2) is 42.5 Å². The van der Waals surface area contributed by atoms with E-state index in [0.717, 1.165) is 0 Å². The average Bonchev–Trinajstić information content (AvgIpc) is 2.34. The van der Waals surface area contributed by atoms with Crippen LogP contribution in [-0.2, 0) is 14.3 Å². The van der Waals surface area contributed by atoms with Gasteiger partial charge < -0.3 is 10.1 Å². The number of rotatable bonds is 4. The molecule has 1 atom stereocenters. The van der Waals surface area contributed by atoms with E-state index in [4.69, 9.17) is 4.74 Å². The van der Waals surface area contributed by atoms with Crippen molar-refractivity contribution in [3.05, 3.63) is 48.0 Å². The van der Waals surface area contributed by atoms with Gasteiger partial charge in [-0.05, 0) is 33.3 Å². The Morgan fingerprint density at radius 3 is 2.20 bits per heavy atom. The summed E-state index contributed by atoms with van der Waals surface area (Å²) in [5.41, 5.74) is 0.406. The van der Waals surface area contributed by atoms with Gasteiger partial charge in [-0.15, -0.1) is 0 Å². The van der Waals surface area contributed by atoms with Gasteiger partial charge in [-0.1, -0.05) is 36.9 Å². The summed E-state index contributed by atoms with van der Waals surface area (Å²) in [5.74, 6) is -0.858. The molecule has 1 rings (SSSR count). The van der Waals surface area contributed by atoms with Crippen LogP contribution >= 0.6 is 0 Å². The number of carbonyl (C=O) groups excluding carboxylic acids is 2. The fraction of sp³-hybridized carbons (Fsp3) is 0.375. The van der Waals surface area contributed by atoms with Gasteiger partial charge in [0.1, 0.15) is 5.60 Å². The molecule has 0 radical (unpaired) electrons. The Labute approximate surface area is 119 Å². The molecular weight excluding hydrogens is 254 g/mol. The highest BCUT2D eigenvalue weighted by Crippen LogP contribution is 2.19. The third-order valence-electron chi connectivity index (χ3n) is 2.44. The van der Waals surface area contributed by atoms with Crippen molar-refractivity contribution in [2.45, 2.75) is 39.3 Å². The summed E-state index contributed by atoms with van der Waals surface area (Å²) in [6.07, 6.45) is 0. The van der Waals surface area contributed by atoms with Gasteiger partial charge in [0.2, 0.25) is 5.91 Å². The maximum Gasteiger partial charge on any atom is 0.333 e. The molecule has 0 saturated heterocycles. The number of esters is 1. The van der Waals surface area contributed by atoms with E-state index in [1.807, 2.05) is 6.07 Å². The maximum absolute atomic E-state index is 12.3. The Morgan fingerprint density at radius 1 is 1.20 bits per heavy atom. The van der Waals surface area contributed by atoms with Crippen molar-refractivity contribution < 1.29 is 14.3 Å². The Kier molecular flexibility index (Phi) is 5.08. The molecule has 0 saturated carbocycles. The molecule has 0 heterocycles. The standard InChI is InChI=1S/C16H21NO3/c1-11(2)14(18)17-13(12-9-7-6-8-10-12)15(19)20-16(3,4)5/h6-10,13H,1H2,2-5H3,(H,17,18). The van der Waals surface area contributed by atoms with Crippen molar-refractivity contribution in [3.8, 4) is 0 Å². The molecule has 0 aromatic heterocycles.